The molecule has 0 aliphatic rings. The van der Waals surface area contributed by atoms with E-state index in [9.17, 15) is 13.6 Å². The summed E-state index contributed by atoms with van der Waals surface area (Å²) in [6.07, 6.45) is 2.88. The molecule has 2 rings (SSSR count). The molecule has 1 heterocycles. The first-order valence-corrected chi connectivity index (χ1v) is 6.71. The number of rotatable bonds is 6. The van der Waals surface area contributed by atoms with Crippen LogP contribution in [0.1, 0.15) is 17.3 Å². The maximum atomic E-state index is 12.4. The molecule has 2 aromatic rings. The predicted octanol–water partition coefficient (Wildman–Crippen LogP) is 2.35. The highest BCUT2D eigenvalue weighted by atomic mass is 35.5. The van der Waals surface area contributed by atoms with Crippen LogP contribution in [0.4, 0.5) is 8.78 Å². The molecule has 0 aliphatic carbocycles. The summed E-state index contributed by atoms with van der Waals surface area (Å²) >= 11 is 5.80. The van der Waals surface area contributed by atoms with Crippen molar-refractivity contribution in [2.45, 2.75) is 26.1 Å². The fourth-order valence-electron chi connectivity index (χ4n) is 1.83. The SMILES string of the molecule is C[C@@H](Cn1cncn1)NC(=O)c1cc(Cl)ccc1OC(F)F. The van der Waals surface area contributed by atoms with E-state index >= 15 is 0 Å². The summed E-state index contributed by atoms with van der Waals surface area (Å²) in [6, 6.07) is 3.57. The zero-order valence-electron chi connectivity index (χ0n) is 11.5. The molecule has 6 nitrogen and oxygen atoms in total. The quantitative estimate of drug-likeness (QED) is 0.882. The Morgan fingerprint density at radius 3 is 2.91 bits per heavy atom. The molecule has 22 heavy (non-hydrogen) atoms. The van der Waals surface area contributed by atoms with Gasteiger partial charge < -0.3 is 10.1 Å². The summed E-state index contributed by atoms with van der Waals surface area (Å²) < 4.78 is 30.6. The average Bonchev–Trinajstić information content (AvgIpc) is 2.92. The van der Waals surface area contributed by atoms with Gasteiger partial charge in [-0.2, -0.15) is 13.9 Å². The molecular weight excluding hydrogens is 318 g/mol. The van der Waals surface area contributed by atoms with Gasteiger partial charge >= 0.3 is 6.61 Å². The van der Waals surface area contributed by atoms with Gasteiger partial charge in [-0.15, -0.1) is 0 Å². The minimum atomic E-state index is -3.03. The van der Waals surface area contributed by atoms with Gasteiger partial charge in [0, 0.05) is 11.1 Å². The van der Waals surface area contributed by atoms with Crippen molar-refractivity contribution in [1.29, 1.82) is 0 Å². The van der Waals surface area contributed by atoms with Gasteiger partial charge in [-0.05, 0) is 25.1 Å². The summed E-state index contributed by atoms with van der Waals surface area (Å²) in [7, 11) is 0. The lowest BCUT2D eigenvalue weighted by Crippen LogP contribution is -2.36. The van der Waals surface area contributed by atoms with Crippen LogP contribution in [0.2, 0.25) is 5.02 Å². The first kappa shape index (κ1) is 16.2. The van der Waals surface area contributed by atoms with Crippen LogP contribution in [-0.2, 0) is 6.54 Å². The number of halogens is 3. The van der Waals surface area contributed by atoms with Gasteiger partial charge in [-0.3, -0.25) is 9.48 Å². The molecule has 1 aromatic heterocycles. The lowest BCUT2D eigenvalue weighted by molar-refractivity contribution is -0.0501. The van der Waals surface area contributed by atoms with E-state index in [0.29, 0.717) is 6.54 Å². The van der Waals surface area contributed by atoms with Gasteiger partial charge in [0.15, 0.2) is 0 Å². The third-order valence-electron chi connectivity index (χ3n) is 2.71. The number of benzene rings is 1. The molecule has 1 aromatic carbocycles. The zero-order valence-corrected chi connectivity index (χ0v) is 12.3. The Morgan fingerprint density at radius 1 is 1.50 bits per heavy atom. The highest BCUT2D eigenvalue weighted by molar-refractivity contribution is 6.31. The molecule has 0 saturated heterocycles. The van der Waals surface area contributed by atoms with Crippen molar-refractivity contribution in [1.82, 2.24) is 20.1 Å². The Hall–Kier alpha value is -2.22. The van der Waals surface area contributed by atoms with Crippen molar-refractivity contribution in [2.75, 3.05) is 0 Å². The smallest absolute Gasteiger partial charge is 0.387 e. The van der Waals surface area contributed by atoms with E-state index in [-0.39, 0.29) is 22.4 Å². The molecule has 0 aliphatic heterocycles. The predicted molar refractivity (Wildman–Crippen MR) is 75.0 cm³/mol. The molecule has 0 saturated carbocycles. The van der Waals surface area contributed by atoms with Crippen molar-refractivity contribution < 1.29 is 18.3 Å². The van der Waals surface area contributed by atoms with E-state index < -0.39 is 12.5 Å². The first-order valence-electron chi connectivity index (χ1n) is 6.33. The third-order valence-corrected chi connectivity index (χ3v) is 2.94. The van der Waals surface area contributed by atoms with Crippen molar-refractivity contribution in [3.8, 4) is 5.75 Å². The minimum absolute atomic E-state index is 0.0572. The number of nitrogens with one attached hydrogen (secondary N) is 1. The number of nitrogens with zero attached hydrogens (tertiary/aromatic N) is 3. The van der Waals surface area contributed by atoms with Crippen molar-refractivity contribution >= 4 is 17.5 Å². The number of carbonyl (C=O) groups is 1. The van der Waals surface area contributed by atoms with E-state index in [0.717, 1.165) is 0 Å². The topological polar surface area (TPSA) is 69.0 Å². The monoisotopic (exact) mass is 330 g/mol. The van der Waals surface area contributed by atoms with Crippen LogP contribution >= 0.6 is 11.6 Å². The summed E-state index contributed by atoms with van der Waals surface area (Å²) in [6.45, 7) is -0.893. The van der Waals surface area contributed by atoms with Crippen molar-refractivity contribution in [2.24, 2.45) is 0 Å². The number of amides is 1. The number of aromatic nitrogens is 3. The van der Waals surface area contributed by atoms with Gasteiger partial charge in [-0.1, -0.05) is 11.6 Å². The molecule has 1 atom stereocenters. The van der Waals surface area contributed by atoms with E-state index in [2.05, 4.69) is 20.1 Å². The molecule has 0 spiro atoms. The fraction of sp³-hybridized carbons (Fsp3) is 0.308. The molecule has 9 heteroatoms. The third kappa shape index (κ3) is 4.39. The highest BCUT2D eigenvalue weighted by Gasteiger charge is 2.18. The molecule has 1 N–H and O–H groups in total. The number of ether oxygens (including phenoxy) is 1. The maximum absolute atomic E-state index is 12.4. The van der Waals surface area contributed by atoms with Gasteiger partial charge in [0.25, 0.3) is 5.91 Å². The van der Waals surface area contributed by atoms with Crippen LogP contribution in [0.3, 0.4) is 0 Å². The first-order chi connectivity index (χ1) is 10.5. The van der Waals surface area contributed by atoms with Crippen molar-refractivity contribution in [3.05, 3.63) is 41.4 Å². The maximum Gasteiger partial charge on any atom is 0.387 e. The van der Waals surface area contributed by atoms with Crippen LogP contribution in [0.5, 0.6) is 5.75 Å². The summed E-state index contributed by atoms with van der Waals surface area (Å²) in [4.78, 5) is 16.0. The minimum Gasteiger partial charge on any atom is -0.434 e. The van der Waals surface area contributed by atoms with Crippen LogP contribution in [0.25, 0.3) is 0 Å². The largest absolute Gasteiger partial charge is 0.434 e. The second-order valence-electron chi connectivity index (χ2n) is 4.51. The van der Waals surface area contributed by atoms with Gasteiger partial charge in [0.1, 0.15) is 18.4 Å². The van der Waals surface area contributed by atoms with E-state index in [1.54, 1.807) is 11.6 Å². The van der Waals surface area contributed by atoms with E-state index in [1.807, 2.05) is 0 Å². The summed E-state index contributed by atoms with van der Waals surface area (Å²) in [5.41, 5.74) is -0.0572. The standard InChI is InChI=1S/C13H13ClF2N4O2/c1-8(5-20-7-17-6-18-20)19-12(21)10-4-9(14)2-3-11(10)22-13(15)16/h2-4,6-8,13H,5H2,1H3,(H,19,21)/t8-/m0/s1. The van der Waals surface area contributed by atoms with Gasteiger partial charge in [-0.25, -0.2) is 4.98 Å². The number of carbonyl (C=O) groups excluding carboxylic acids is 1. The van der Waals surface area contributed by atoms with Gasteiger partial charge in [0.2, 0.25) is 0 Å². The Balaban J connectivity index is 2.09. The molecule has 0 bridgehead atoms. The number of hydrogen-bond acceptors (Lipinski definition) is 4. The Bertz CT molecular complexity index is 637. The molecule has 1 amide bonds. The Morgan fingerprint density at radius 2 is 2.27 bits per heavy atom. The summed E-state index contributed by atoms with van der Waals surface area (Å²) in [5, 5.41) is 6.83. The molecule has 0 fully saturated rings. The highest BCUT2D eigenvalue weighted by Crippen LogP contribution is 2.24. The van der Waals surface area contributed by atoms with Crippen LogP contribution < -0.4 is 10.1 Å². The molecule has 0 unspecified atom stereocenters. The lowest BCUT2D eigenvalue weighted by atomic mass is 10.1. The zero-order chi connectivity index (χ0) is 16.1. The van der Waals surface area contributed by atoms with Crippen LogP contribution in [0.15, 0.2) is 30.9 Å². The Labute approximate surface area is 130 Å². The summed E-state index contributed by atoms with van der Waals surface area (Å²) in [5.74, 6) is -0.796. The Kier molecular flexibility index (Phi) is 5.26. The van der Waals surface area contributed by atoms with Crippen molar-refractivity contribution in [3.63, 3.8) is 0 Å². The number of hydrogen-bond donors (Lipinski definition) is 1. The van der Waals surface area contributed by atoms with Gasteiger partial charge in [0.05, 0.1) is 12.1 Å². The van der Waals surface area contributed by atoms with E-state index in [1.165, 1.54) is 30.9 Å². The van der Waals surface area contributed by atoms with E-state index in [4.69, 9.17) is 11.6 Å². The molecule has 0 radical (unpaired) electrons. The second-order valence-corrected chi connectivity index (χ2v) is 4.95. The molecule has 118 valence electrons. The second kappa shape index (κ2) is 7.17. The fourth-order valence-corrected chi connectivity index (χ4v) is 2.01. The normalized spacial score (nSPS) is 12.2. The lowest BCUT2D eigenvalue weighted by Gasteiger charge is -2.16. The van der Waals surface area contributed by atoms with Crippen LogP contribution in [-0.4, -0.2) is 33.3 Å². The molecular formula is C13H13ClF2N4O2. The van der Waals surface area contributed by atoms with Crippen LogP contribution in [0, 0.1) is 0 Å². The number of alkyl halides is 2. The average molecular weight is 331 g/mol.